The molecule has 1 aromatic carbocycles. The average molecular weight is 311 g/mol. The van der Waals surface area contributed by atoms with E-state index in [0.29, 0.717) is 15.9 Å². The van der Waals surface area contributed by atoms with Gasteiger partial charge in [0.1, 0.15) is 5.82 Å². The van der Waals surface area contributed by atoms with Crippen LogP contribution >= 0.6 is 23.2 Å². The number of rotatable bonds is 3. The van der Waals surface area contributed by atoms with E-state index in [9.17, 15) is 0 Å². The molecule has 2 rings (SSSR count). The quantitative estimate of drug-likeness (QED) is 0.896. The highest BCUT2D eigenvalue weighted by Gasteiger charge is 2.09. The van der Waals surface area contributed by atoms with Crippen molar-refractivity contribution in [1.82, 2.24) is 4.98 Å². The van der Waals surface area contributed by atoms with Crippen molar-refractivity contribution in [3.63, 3.8) is 0 Å². The fourth-order valence-corrected chi connectivity index (χ4v) is 2.28. The lowest BCUT2D eigenvalue weighted by Crippen LogP contribution is -2.10. The molecule has 106 valence electrons. The Morgan fingerprint density at radius 1 is 1.15 bits per heavy atom. The van der Waals surface area contributed by atoms with E-state index in [0.717, 1.165) is 11.4 Å². The lowest BCUT2D eigenvalue weighted by molar-refractivity contribution is 1.11. The zero-order valence-corrected chi connectivity index (χ0v) is 13.0. The fourth-order valence-electron chi connectivity index (χ4n) is 1.87. The standard InChI is InChI=1S/C14H16Cl2N4/c1-8-4-5-9(6-12(8)20(2)3)18-14-11(16)7-10(15)13(17)19-14/h4-7H,1-3H3,(H3,17,18,19). The van der Waals surface area contributed by atoms with Gasteiger partial charge in [0.05, 0.1) is 10.0 Å². The lowest BCUT2D eigenvalue weighted by Gasteiger charge is -2.17. The van der Waals surface area contributed by atoms with Crippen molar-refractivity contribution in [3.8, 4) is 0 Å². The summed E-state index contributed by atoms with van der Waals surface area (Å²) in [5.74, 6) is 0.737. The van der Waals surface area contributed by atoms with Crippen molar-refractivity contribution in [3.05, 3.63) is 39.9 Å². The number of halogens is 2. The predicted octanol–water partition coefficient (Wildman–Crippen LogP) is 4.09. The molecule has 0 aliphatic heterocycles. The van der Waals surface area contributed by atoms with Crippen LogP contribution in [-0.4, -0.2) is 19.1 Å². The number of nitrogen functional groups attached to an aromatic ring is 1. The van der Waals surface area contributed by atoms with Gasteiger partial charge in [-0.05, 0) is 30.7 Å². The van der Waals surface area contributed by atoms with E-state index >= 15 is 0 Å². The Kier molecular flexibility index (Phi) is 4.26. The minimum Gasteiger partial charge on any atom is -0.382 e. The van der Waals surface area contributed by atoms with Crippen LogP contribution in [0.1, 0.15) is 5.56 Å². The Morgan fingerprint density at radius 2 is 1.85 bits per heavy atom. The highest BCUT2D eigenvalue weighted by molar-refractivity contribution is 6.37. The smallest absolute Gasteiger partial charge is 0.151 e. The van der Waals surface area contributed by atoms with Crippen LogP contribution in [0.15, 0.2) is 24.3 Å². The first kappa shape index (κ1) is 14.8. The minimum atomic E-state index is 0.249. The predicted molar refractivity (Wildman–Crippen MR) is 87.5 cm³/mol. The molecule has 6 heteroatoms. The molecule has 0 bridgehead atoms. The van der Waals surface area contributed by atoms with Crippen molar-refractivity contribution in [2.75, 3.05) is 30.0 Å². The van der Waals surface area contributed by atoms with Crippen molar-refractivity contribution >= 4 is 46.2 Å². The second kappa shape index (κ2) is 5.77. The largest absolute Gasteiger partial charge is 0.382 e. The first-order valence-electron chi connectivity index (χ1n) is 6.05. The second-order valence-electron chi connectivity index (χ2n) is 4.71. The van der Waals surface area contributed by atoms with Gasteiger partial charge in [-0.15, -0.1) is 0 Å². The highest BCUT2D eigenvalue weighted by Crippen LogP contribution is 2.31. The van der Waals surface area contributed by atoms with Gasteiger partial charge in [-0.3, -0.25) is 0 Å². The SMILES string of the molecule is Cc1ccc(Nc2nc(N)c(Cl)cc2Cl)cc1N(C)C. The van der Waals surface area contributed by atoms with E-state index in [1.807, 2.05) is 37.2 Å². The highest BCUT2D eigenvalue weighted by atomic mass is 35.5. The maximum Gasteiger partial charge on any atom is 0.151 e. The number of benzene rings is 1. The molecule has 2 aromatic rings. The Morgan fingerprint density at radius 3 is 2.50 bits per heavy atom. The Hall–Kier alpha value is -1.65. The summed E-state index contributed by atoms with van der Waals surface area (Å²) >= 11 is 12.0. The van der Waals surface area contributed by atoms with Crippen LogP contribution in [0.5, 0.6) is 0 Å². The summed E-state index contributed by atoms with van der Waals surface area (Å²) in [5.41, 5.74) is 8.89. The molecule has 0 saturated carbocycles. The molecule has 1 heterocycles. The van der Waals surface area contributed by atoms with Gasteiger partial charge in [0.15, 0.2) is 5.82 Å². The number of nitrogens with two attached hydrogens (primary N) is 1. The minimum absolute atomic E-state index is 0.249. The molecule has 0 radical (unpaired) electrons. The molecule has 0 fully saturated rings. The normalized spacial score (nSPS) is 10.4. The van der Waals surface area contributed by atoms with Crippen molar-refractivity contribution in [1.29, 1.82) is 0 Å². The first-order valence-corrected chi connectivity index (χ1v) is 6.80. The summed E-state index contributed by atoms with van der Waals surface area (Å²) in [6.45, 7) is 2.06. The number of hydrogen-bond acceptors (Lipinski definition) is 4. The molecule has 0 aliphatic rings. The molecule has 0 saturated heterocycles. The summed E-state index contributed by atoms with van der Waals surface area (Å²) < 4.78 is 0. The molecule has 0 unspecified atom stereocenters. The number of pyridine rings is 1. The summed E-state index contributed by atoms with van der Waals surface area (Å²) in [4.78, 5) is 6.20. The maximum absolute atomic E-state index is 6.11. The van der Waals surface area contributed by atoms with Crippen molar-refractivity contribution in [2.24, 2.45) is 0 Å². The van der Waals surface area contributed by atoms with Gasteiger partial charge in [-0.2, -0.15) is 0 Å². The second-order valence-corrected chi connectivity index (χ2v) is 5.52. The molecule has 0 aliphatic carbocycles. The van der Waals surface area contributed by atoms with E-state index in [2.05, 4.69) is 17.2 Å². The molecule has 1 aromatic heterocycles. The third-order valence-electron chi connectivity index (χ3n) is 2.91. The topological polar surface area (TPSA) is 54.2 Å². The van der Waals surface area contributed by atoms with Crippen LogP contribution in [-0.2, 0) is 0 Å². The van der Waals surface area contributed by atoms with Gasteiger partial charge in [-0.25, -0.2) is 4.98 Å². The molecule has 0 atom stereocenters. The van der Waals surface area contributed by atoms with Crippen LogP contribution in [0.4, 0.5) is 23.0 Å². The summed E-state index contributed by atoms with van der Waals surface area (Å²) in [6, 6.07) is 7.60. The van der Waals surface area contributed by atoms with Gasteiger partial charge in [-0.1, -0.05) is 29.3 Å². The van der Waals surface area contributed by atoms with Crippen molar-refractivity contribution < 1.29 is 0 Å². The number of aryl methyl sites for hydroxylation is 1. The van der Waals surface area contributed by atoms with Crippen LogP contribution in [0, 0.1) is 6.92 Å². The van der Waals surface area contributed by atoms with Crippen LogP contribution in [0.25, 0.3) is 0 Å². The first-order chi connectivity index (χ1) is 9.38. The molecular weight excluding hydrogens is 295 g/mol. The number of hydrogen-bond donors (Lipinski definition) is 2. The van der Waals surface area contributed by atoms with Gasteiger partial charge in [0, 0.05) is 25.5 Å². The van der Waals surface area contributed by atoms with Crippen LogP contribution in [0.2, 0.25) is 10.0 Å². The summed E-state index contributed by atoms with van der Waals surface area (Å²) in [6.07, 6.45) is 0. The monoisotopic (exact) mass is 310 g/mol. The van der Waals surface area contributed by atoms with Gasteiger partial charge in [0.25, 0.3) is 0 Å². The van der Waals surface area contributed by atoms with Gasteiger partial charge < -0.3 is 16.0 Å². The molecule has 0 spiro atoms. The fraction of sp³-hybridized carbons (Fsp3) is 0.214. The third kappa shape index (κ3) is 3.08. The van der Waals surface area contributed by atoms with E-state index in [1.54, 1.807) is 6.07 Å². The number of nitrogens with zero attached hydrogens (tertiary/aromatic N) is 2. The molecular formula is C14H16Cl2N4. The van der Waals surface area contributed by atoms with Crippen LogP contribution < -0.4 is 16.0 Å². The zero-order valence-electron chi connectivity index (χ0n) is 11.5. The molecule has 3 N–H and O–H groups in total. The number of anilines is 4. The molecule has 4 nitrogen and oxygen atoms in total. The molecule has 20 heavy (non-hydrogen) atoms. The Balaban J connectivity index is 2.35. The van der Waals surface area contributed by atoms with E-state index < -0.39 is 0 Å². The number of aromatic nitrogens is 1. The van der Waals surface area contributed by atoms with Gasteiger partial charge in [0.2, 0.25) is 0 Å². The summed E-state index contributed by atoms with van der Waals surface area (Å²) in [7, 11) is 4.00. The number of nitrogens with one attached hydrogen (secondary N) is 1. The Bertz CT molecular complexity index is 641. The zero-order chi connectivity index (χ0) is 14.9. The third-order valence-corrected chi connectivity index (χ3v) is 3.50. The average Bonchev–Trinajstić information content (AvgIpc) is 2.37. The van der Waals surface area contributed by atoms with E-state index in [4.69, 9.17) is 28.9 Å². The van der Waals surface area contributed by atoms with E-state index in [-0.39, 0.29) is 5.82 Å². The maximum atomic E-state index is 6.11. The van der Waals surface area contributed by atoms with E-state index in [1.165, 1.54) is 5.56 Å². The Labute approximate surface area is 128 Å². The van der Waals surface area contributed by atoms with Crippen LogP contribution in [0.3, 0.4) is 0 Å². The van der Waals surface area contributed by atoms with Crippen molar-refractivity contribution in [2.45, 2.75) is 6.92 Å². The van der Waals surface area contributed by atoms with Gasteiger partial charge >= 0.3 is 0 Å². The summed E-state index contributed by atoms with van der Waals surface area (Å²) in [5, 5.41) is 3.93. The lowest BCUT2D eigenvalue weighted by atomic mass is 10.1. The molecule has 0 amide bonds.